The maximum Gasteiger partial charge on any atom is 0.238 e. The van der Waals surface area contributed by atoms with E-state index in [1.807, 2.05) is 66.7 Å². The van der Waals surface area contributed by atoms with Crippen LogP contribution in [0.5, 0.6) is 0 Å². The van der Waals surface area contributed by atoms with Crippen molar-refractivity contribution in [1.82, 2.24) is 10.2 Å². The molecule has 4 aromatic carbocycles. The summed E-state index contributed by atoms with van der Waals surface area (Å²) in [6, 6.07) is 26.0. The number of likely N-dealkylation sites (tertiary alicyclic amines) is 1. The van der Waals surface area contributed by atoms with Crippen molar-refractivity contribution in [2.24, 2.45) is 5.41 Å². The Balaban J connectivity index is 1.56. The van der Waals surface area contributed by atoms with Crippen molar-refractivity contribution in [3.63, 3.8) is 0 Å². The second-order valence-electron chi connectivity index (χ2n) is 16.1. The van der Waals surface area contributed by atoms with Crippen molar-refractivity contribution in [3.05, 3.63) is 135 Å². The van der Waals surface area contributed by atoms with E-state index in [2.05, 4.69) is 36.3 Å². The van der Waals surface area contributed by atoms with E-state index in [1.165, 1.54) is 12.1 Å². The quantitative estimate of drug-likeness (QED) is 0.145. The highest BCUT2D eigenvalue weighted by molar-refractivity contribution is 6.31. The standard InChI is InChI=1S/C43H46Cl2FN3O4/c1-42(2,3)24-35-43(31-22-33(46)32(45)23-34(31)48-41(43)53)36(27-15-10-16-28(44)21-27)38(40(52)47-29-17-19-30(50)20-18-29)49(35)37(25-11-6-4-7-12-25)39(51)26-13-8-5-9-14-26/h4-16,21-23,29-30,35-39,50-51H,17-20,24H2,1-3H3,(H,47,52)(H,48,53)/t29-,30-,35-,36+,37-,38-,39+,43+/m1/s1. The van der Waals surface area contributed by atoms with Gasteiger partial charge in [0.15, 0.2) is 0 Å². The summed E-state index contributed by atoms with van der Waals surface area (Å²) in [5.41, 5.74) is 0.881. The predicted octanol–water partition coefficient (Wildman–Crippen LogP) is 8.49. The van der Waals surface area contributed by atoms with Gasteiger partial charge in [-0.05, 0) is 84.0 Å². The molecule has 2 fully saturated rings. The zero-order valence-electron chi connectivity index (χ0n) is 30.1. The summed E-state index contributed by atoms with van der Waals surface area (Å²) in [7, 11) is 0. The van der Waals surface area contributed by atoms with Crippen LogP contribution in [0.1, 0.15) is 93.2 Å². The van der Waals surface area contributed by atoms with Crippen molar-refractivity contribution in [2.45, 2.75) is 101 Å². The molecule has 3 aliphatic rings. The van der Waals surface area contributed by atoms with Gasteiger partial charge in [0.1, 0.15) is 11.2 Å². The lowest BCUT2D eigenvalue weighted by Crippen LogP contribution is -2.54. The van der Waals surface area contributed by atoms with E-state index in [4.69, 9.17) is 23.2 Å². The first-order valence-corrected chi connectivity index (χ1v) is 19.2. The second-order valence-corrected chi connectivity index (χ2v) is 16.9. The van der Waals surface area contributed by atoms with E-state index < -0.39 is 52.9 Å². The number of nitrogens with one attached hydrogen (secondary N) is 2. The molecule has 4 N–H and O–H groups in total. The summed E-state index contributed by atoms with van der Waals surface area (Å²) in [5.74, 6) is -2.26. The number of carbonyl (C=O) groups excluding carboxylic acids is 2. The fourth-order valence-electron chi connectivity index (χ4n) is 9.19. The molecule has 1 aliphatic carbocycles. The number of hydrogen-bond donors (Lipinski definition) is 4. The van der Waals surface area contributed by atoms with Crippen LogP contribution in [0.3, 0.4) is 0 Å². The number of aliphatic hydroxyl groups is 2. The average molecular weight is 759 g/mol. The molecule has 10 heteroatoms. The summed E-state index contributed by atoms with van der Waals surface area (Å²) in [6.07, 6.45) is 1.15. The fourth-order valence-corrected chi connectivity index (χ4v) is 9.55. The highest BCUT2D eigenvalue weighted by atomic mass is 35.5. The van der Waals surface area contributed by atoms with Crippen LogP contribution in [0.2, 0.25) is 10.0 Å². The molecule has 278 valence electrons. The first-order valence-electron chi connectivity index (χ1n) is 18.4. The first kappa shape index (κ1) is 37.5. The van der Waals surface area contributed by atoms with Gasteiger partial charge in [-0.15, -0.1) is 0 Å². The molecule has 0 aromatic heterocycles. The topological polar surface area (TPSA) is 102 Å². The third kappa shape index (κ3) is 7.01. The number of hydrogen-bond acceptors (Lipinski definition) is 5. The number of nitrogens with zero attached hydrogens (tertiary/aromatic N) is 1. The van der Waals surface area contributed by atoms with Crippen molar-refractivity contribution in [1.29, 1.82) is 0 Å². The highest BCUT2D eigenvalue weighted by Crippen LogP contribution is 2.62. The highest BCUT2D eigenvalue weighted by Gasteiger charge is 2.70. The minimum Gasteiger partial charge on any atom is -0.393 e. The fraction of sp³-hybridized carbons (Fsp3) is 0.395. The molecule has 1 spiro atoms. The first-order chi connectivity index (χ1) is 25.3. The van der Waals surface area contributed by atoms with Gasteiger partial charge in [-0.3, -0.25) is 14.5 Å². The van der Waals surface area contributed by atoms with Crippen molar-refractivity contribution in [2.75, 3.05) is 5.32 Å². The Labute approximate surface area is 320 Å². The largest absolute Gasteiger partial charge is 0.393 e. The number of rotatable bonds is 8. The van der Waals surface area contributed by atoms with E-state index >= 15 is 14.0 Å². The van der Waals surface area contributed by atoms with Gasteiger partial charge < -0.3 is 20.8 Å². The van der Waals surface area contributed by atoms with Gasteiger partial charge in [0, 0.05) is 28.7 Å². The lowest BCUT2D eigenvalue weighted by Gasteiger charge is -2.44. The molecule has 2 amide bonds. The Hall–Kier alpha value is -3.79. The van der Waals surface area contributed by atoms with Gasteiger partial charge in [0.25, 0.3) is 0 Å². The molecular formula is C43H46Cl2FN3O4. The van der Waals surface area contributed by atoms with Crippen LogP contribution in [0.4, 0.5) is 10.1 Å². The van der Waals surface area contributed by atoms with Crippen LogP contribution in [-0.4, -0.2) is 51.2 Å². The van der Waals surface area contributed by atoms with Crippen LogP contribution in [-0.2, 0) is 15.0 Å². The number of halogens is 3. The summed E-state index contributed by atoms with van der Waals surface area (Å²) in [4.78, 5) is 32.7. The summed E-state index contributed by atoms with van der Waals surface area (Å²) < 4.78 is 15.8. The number of fused-ring (bicyclic) bond motifs is 2. The smallest absolute Gasteiger partial charge is 0.238 e. The van der Waals surface area contributed by atoms with Crippen LogP contribution < -0.4 is 10.6 Å². The van der Waals surface area contributed by atoms with Gasteiger partial charge in [-0.2, -0.15) is 0 Å². The maximum atomic E-state index is 15.8. The van der Waals surface area contributed by atoms with E-state index in [1.54, 1.807) is 18.2 Å². The molecule has 4 aromatic rings. The SMILES string of the molecule is CC(C)(C)C[C@H]1N([C@H](c2ccccc2)[C@@H](O)c2ccccc2)[C@@H](C(=O)N[C@H]2CC[C@H](O)CC2)[C@H](c2cccc(Cl)c2)[C@@]12C(=O)Nc1cc(Cl)c(F)cc12. The third-order valence-corrected chi connectivity index (χ3v) is 11.9. The Morgan fingerprint density at radius 3 is 2.21 bits per heavy atom. The maximum absolute atomic E-state index is 15.8. The zero-order valence-corrected chi connectivity index (χ0v) is 31.6. The molecule has 53 heavy (non-hydrogen) atoms. The summed E-state index contributed by atoms with van der Waals surface area (Å²) in [6.45, 7) is 6.24. The molecule has 2 heterocycles. The van der Waals surface area contributed by atoms with Gasteiger partial charge in [0.2, 0.25) is 11.8 Å². The Morgan fingerprint density at radius 1 is 0.943 bits per heavy atom. The number of amides is 2. The van der Waals surface area contributed by atoms with Gasteiger partial charge >= 0.3 is 0 Å². The Morgan fingerprint density at radius 2 is 1.58 bits per heavy atom. The molecule has 6 atom stereocenters. The molecule has 0 unspecified atom stereocenters. The van der Waals surface area contributed by atoms with Crippen molar-refractivity contribution < 1.29 is 24.2 Å². The molecule has 1 saturated carbocycles. The summed E-state index contributed by atoms with van der Waals surface area (Å²) in [5, 5.41) is 29.6. The van der Waals surface area contributed by atoms with E-state index in [9.17, 15) is 10.2 Å². The van der Waals surface area contributed by atoms with Crippen LogP contribution in [0, 0.1) is 11.2 Å². The Kier molecular flexibility index (Phi) is 10.5. The van der Waals surface area contributed by atoms with Crippen molar-refractivity contribution >= 4 is 40.7 Å². The summed E-state index contributed by atoms with van der Waals surface area (Å²) >= 11 is 13.1. The molecule has 7 rings (SSSR count). The van der Waals surface area contributed by atoms with Crippen LogP contribution >= 0.6 is 23.2 Å². The van der Waals surface area contributed by atoms with Crippen LogP contribution in [0.25, 0.3) is 0 Å². The van der Waals surface area contributed by atoms with Gasteiger partial charge in [-0.1, -0.05) is 117 Å². The third-order valence-electron chi connectivity index (χ3n) is 11.4. The minimum absolute atomic E-state index is 0.127. The van der Waals surface area contributed by atoms with Gasteiger partial charge in [-0.25, -0.2) is 4.39 Å². The lowest BCUT2D eigenvalue weighted by molar-refractivity contribution is -0.130. The molecule has 1 saturated heterocycles. The second kappa shape index (κ2) is 14.8. The lowest BCUT2D eigenvalue weighted by atomic mass is 9.62. The predicted molar refractivity (Wildman–Crippen MR) is 206 cm³/mol. The van der Waals surface area contributed by atoms with Crippen molar-refractivity contribution in [3.8, 4) is 0 Å². The molecule has 7 nitrogen and oxygen atoms in total. The monoisotopic (exact) mass is 757 g/mol. The Bertz CT molecular complexity index is 1970. The molecule has 2 aliphatic heterocycles. The average Bonchev–Trinajstić information content (AvgIpc) is 3.56. The number of aliphatic hydroxyl groups excluding tert-OH is 2. The molecular weight excluding hydrogens is 712 g/mol. The number of carbonyl (C=O) groups is 2. The van der Waals surface area contributed by atoms with E-state index in [0.29, 0.717) is 59.5 Å². The molecule has 0 radical (unpaired) electrons. The normalized spacial score (nSPS) is 26.9. The van der Waals surface area contributed by atoms with Gasteiger partial charge in [0.05, 0.1) is 29.3 Å². The molecule has 0 bridgehead atoms. The van der Waals surface area contributed by atoms with E-state index in [-0.39, 0.29) is 22.9 Å². The number of benzene rings is 4. The zero-order chi connectivity index (χ0) is 37.7. The van der Waals surface area contributed by atoms with Crippen LogP contribution in [0.15, 0.2) is 97.1 Å². The van der Waals surface area contributed by atoms with E-state index in [0.717, 1.165) is 5.56 Å². The number of anilines is 1. The minimum atomic E-state index is -1.53.